The molecule has 0 amide bonds. The summed E-state index contributed by atoms with van der Waals surface area (Å²) in [5, 5.41) is 10.7. The number of nitrogens with one attached hydrogen (secondary N) is 1. The quantitative estimate of drug-likeness (QED) is 0.657. The topological polar surface area (TPSA) is 50.8 Å². The maximum absolute atomic E-state index is 10.7. The number of hydrogen-bond donors (Lipinski definition) is 1. The van der Waals surface area contributed by atoms with Gasteiger partial charge in [-0.3, -0.25) is 10.1 Å². The van der Waals surface area contributed by atoms with E-state index in [2.05, 4.69) is 39.0 Å². The molecule has 0 atom stereocenters. The van der Waals surface area contributed by atoms with Crippen LogP contribution in [0.25, 0.3) is 0 Å². The van der Waals surface area contributed by atoms with E-state index in [1.807, 2.05) is 18.2 Å². The van der Waals surface area contributed by atoms with Crippen LogP contribution in [0.1, 0.15) is 5.56 Å². The molecule has 2 aromatic carbocycles. The molecular weight excluding hydrogens is 358 g/mol. The van der Waals surface area contributed by atoms with Gasteiger partial charge in [0.15, 0.2) is 0 Å². The molecule has 6 heteroatoms. The number of anilines is 1. The van der Waals surface area contributed by atoms with Crippen molar-refractivity contribution >= 4 is 27.3 Å². The molecule has 1 N–H and O–H groups in total. The van der Waals surface area contributed by atoms with Gasteiger partial charge in [0.1, 0.15) is 6.54 Å². The van der Waals surface area contributed by atoms with Crippen LogP contribution in [0.2, 0.25) is 0 Å². The lowest BCUT2D eigenvalue weighted by Gasteiger charge is -2.33. The van der Waals surface area contributed by atoms with Crippen molar-refractivity contribution in [2.45, 2.75) is 6.54 Å². The molecule has 0 saturated carbocycles. The third kappa shape index (κ3) is 4.09. The summed E-state index contributed by atoms with van der Waals surface area (Å²) in [5.74, 6) is 0. The lowest BCUT2D eigenvalue weighted by atomic mass is 10.2. The first-order valence-electron chi connectivity index (χ1n) is 7.69. The first kappa shape index (κ1) is 16.0. The first-order valence-corrected chi connectivity index (χ1v) is 8.48. The number of hydrogen-bond acceptors (Lipinski definition) is 3. The molecule has 1 aliphatic rings. The third-order valence-electron chi connectivity index (χ3n) is 4.24. The summed E-state index contributed by atoms with van der Waals surface area (Å²) < 4.78 is 1.12. The average molecular weight is 377 g/mol. The largest absolute Gasteiger partial charge is 0.360 e. The highest BCUT2D eigenvalue weighted by molar-refractivity contribution is 9.10. The second-order valence-corrected chi connectivity index (χ2v) is 6.73. The molecule has 5 nitrogen and oxygen atoms in total. The van der Waals surface area contributed by atoms with Crippen LogP contribution in [0.4, 0.5) is 11.4 Å². The summed E-state index contributed by atoms with van der Waals surface area (Å²) in [6, 6.07) is 15.3. The van der Waals surface area contributed by atoms with Crippen molar-refractivity contribution < 1.29 is 9.82 Å². The van der Waals surface area contributed by atoms with Crippen LogP contribution in [0.5, 0.6) is 0 Å². The Morgan fingerprint density at radius 1 is 1.13 bits per heavy atom. The van der Waals surface area contributed by atoms with Gasteiger partial charge in [-0.05, 0) is 24.3 Å². The fourth-order valence-electron chi connectivity index (χ4n) is 2.98. The van der Waals surface area contributed by atoms with E-state index in [9.17, 15) is 10.1 Å². The minimum absolute atomic E-state index is 0.146. The number of halogens is 1. The molecule has 0 unspecified atom stereocenters. The van der Waals surface area contributed by atoms with E-state index in [0.29, 0.717) is 0 Å². The fraction of sp³-hybridized carbons (Fsp3) is 0.294. The van der Waals surface area contributed by atoms with Gasteiger partial charge in [0.25, 0.3) is 5.69 Å². The van der Waals surface area contributed by atoms with Gasteiger partial charge < -0.3 is 9.80 Å². The molecule has 1 aliphatic heterocycles. The number of nitro benzene ring substituents is 1. The number of nitrogens with zero attached hydrogens (tertiary/aromatic N) is 2. The average Bonchev–Trinajstić information content (AvgIpc) is 2.56. The molecule has 23 heavy (non-hydrogen) atoms. The van der Waals surface area contributed by atoms with Crippen molar-refractivity contribution in [3.63, 3.8) is 0 Å². The number of non-ortho nitro benzene ring substituents is 1. The van der Waals surface area contributed by atoms with E-state index in [4.69, 9.17) is 0 Å². The van der Waals surface area contributed by atoms with Crippen molar-refractivity contribution in [3.8, 4) is 0 Å². The predicted octanol–water partition coefficient (Wildman–Crippen LogP) is 2.26. The SMILES string of the molecule is O=[N+]([O-])c1ccc(N2CC[NH+](Cc3cccc(Br)c3)CC2)cc1. The zero-order valence-corrected chi connectivity index (χ0v) is 14.3. The number of quaternary nitrogens is 1. The van der Waals surface area contributed by atoms with Gasteiger partial charge >= 0.3 is 0 Å². The summed E-state index contributed by atoms with van der Waals surface area (Å²) in [6.07, 6.45) is 0. The van der Waals surface area contributed by atoms with Crippen LogP contribution in [0, 0.1) is 10.1 Å². The lowest BCUT2D eigenvalue weighted by Crippen LogP contribution is -3.13. The van der Waals surface area contributed by atoms with E-state index in [-0.39, 0.29) is 10.6 Å². The highest BCUT2D eigenvalue weighted by atomic mass is 79.9. The van der Waals surface area contributed by atoms with E-state index < -0.39 is 0 Å². The summed E-state index contributed by atoms with van der Waals surface area (Å²) in [5.41, 5.74) is 2.56. The van der Waals surface area contributed by atoms with Crippen LogP contribution in [0.3, 0.4) is 0 Å². The van der Waals surface area contributed by atoms with E-state index >= 15 is 0 Å². The molecule has 2 aromatic rings. The number of nitro groups is 1. The van der Waals surface area contributed by atoms with Crippen LogP contribution >= 0.6 is 15.9 Å². The number of piperazine rings is 1. The second-order valence-electron chi connectivity index (χ2n) is 5.82. The van der Waals surface area contributed by atoms with Gasteiger partial charge in [-0.25, -0.2) is 0 Å². The van der Waals surface area contributed by atoms with Crippen LogP contribution in [-0.2, 0) is 6.54 Å². The van der Waals surface area contributed by atoms with Gasteiger partial charge in [0, 0.05) is 27.9 Å². The molecule has 0 bridgehead atoms. The van der Waals surface area contributed by atoms with Gasteiger partial charge in [0.2, 0.25) is 0 Å². The summed E-state index contributed by atoms with van der Waals surface area (Å²) >= 11 is 3.52. The Kier molecular flexibility index (Phi) is 4.93. The minimum atomic E-state index is -0.357. The Morgan fingerprint density at radius 3 is 2.43 bits per heavy atom. The van der Waals surface area contributed by atoms with Gasteiger partial charge in [-0.2, -0.15) is 0 Å². The van der Waals surface area contributed by atoms with Gasteiger partial charge in [0.05, 0.1) is 31.1 Å². The van der Waals surface area contributed by atoms with E-state index in [0.717, 1.165) is 42.9 Å². The normalized spacial score (nSPS) is 15.6. The van der Waals surface area contributed by atoms with Crippen LogP contribution < -0.4 is 9.80 Å². The van der Waals surface area contributed by atoms with E-state index in [1.165, 1.54) is 5.56 Å². The first-order chi connectivity index (χ1) is 11.1. The standard InChI is InChI=1S/C17H18BrN3O2/c18-15-3-1-2-14(12-15)13-19-8-10-20(11-9-19)16-4-6-17(7-5-16)21(22)23/h1-7,12H,8-11,13H2/p+1. The Labute approximate surface area is 143 Å². The van der Waals surface area contributed by atoms with Crippen molar-refractivity contribution in [1.82, 2.24) is 0 Å². The molecule has 1 saturated heterocycles. The summed E-state index contributed by atoms with van der Waals surface area (Å²) in [7, 11) is 0. The minimum Gasteiger partial charge on any atom is -0.360 e. The lowest BCUT2D eigenvalue weighted by molar-refractivity contribution is -0.914. The highest BCUT2D eigenvalue weighted by Gasteiger charge is 2.20. The number of benzene rings is 2. The number of rotatable bonds is 4. The molecule has 0 radical (unpaired) electrons. The second kappa shape index (κ2) is 7.10. The van der Waals surface area contributed by atoms with Crippen molar-refractivity contribution in [2.24, 2.45) is 0 Å². The van der Waals surface area contributed by atoms with Crippen molar-refractivity contribution in [3.05, 3.63) is 68.7 Å². The summed E-state index contributed by atoms with van der Waals surface area (Å²) in [6.45, 7) is 5.13. The monoisotopic (exact) mass is 376 g/mol. The van der Waals surface area contributed by atoms with Crippen LogP contribution in [-0.4, -0.2) is 31.1 Å². The molecule has 1 fully saturated rings. The fourth-order valence-corrected chi connectivity index (χ4v) is 3.43. The molecule has 1 heterocycles. The predicted molar refractivity (Wildman–Crippen MR) is 93.9 cm³/mol. The Balaban J connectivity index is 1.56. The summed E-state index contributed by atoms with van der Waals surface area (Å²) in [4.78, 5) is 14.2. The van der Waals surface area contributed by atoms with Crippen molar-refractivity contribution in [1.29, 1.82) is 0 Å². The molecule has 3 rings (SSSR count). The van der Waals surface area contributed by atoms with Crippen molar-refractivity contribution in [2.75, 3.05) is 31.1 Å². The van der Waals surface area contributed by atoms with E-state index in [1.54, 1.807) is 17.0 Å². The van der Waals surface area contributed by atoms with Gasteiger partial charge in [-0.1, -0.05) is 28.1 Å². The molecule has 0 aliphatic carbocycles. The molecule has 0 aromatic heterocycles. The smallest absolute Gasteiger partial charge is 0.269 e. The molecular formula is C17H19BrN3O2+. The van der Waals surface area contributed by atoms with Gasteiger partial charge in [-0.15, -0.1) is 0 Å². The zero-order valence-electron chi connectivity index (χ0n) is 12.7. The Morgan fingerprint density at radius 2 is 1.83 bits per heavy atom. The Bertz CT molecular complexity index is 682. The Hall–Kier alpha value is -1.92. The zero-order chi connectivity index (χ0) is 16.2. The maximum atomic E-state index is 10.7. The third-order valence-corrected chi connectivity index (χ3v) is 4.73. The maximum Gasteiger partial charge on any atom is 0.269 e. The molecule has 120 valence electrons. The highest BCUT2D eigenvalue weighted by Crippen LogP contribution is 2.19. The molecule has 0 spiro atoms. The van der Waals surface area contributed by atoms with Crippen LogP contribution in [0.15, 0.2) is 53.0 Å².